The van der Waals surface area contributed by atoms with E-state index in [0.29, 0.717) is 5.56 Å². The number of rotatable bonds is 2. The minimum Gasteiger partial charge on any atom is -0.469 e. The standard InChI is InChI=1S/C11H10O2S/c1-7-5-9(6-13-7)11(12)10-4-3-8(2)14-10/h3-6H,1-2H3. The van der Waals surface area contributed by atoms with Crippen LogP contribution in [0.25, 0.3) is 0 Å². The monoisotopic (exact) mass is 206 g/mol. The van der Waals surface area contributed by atoms with Crippen LogP contribution in [0.3, 0.4) is 0 Å². The van der Waals surface area contributed by atoms with Crippen molar-refractivity contribution in [2.24, 2.45) is 0 Å². The van der Waals surface area contributed by atoms with Gasteiger partial charge in [0, 0.05) is 4.88 Å². The van der Waals surface area contributed by atoms with Gasteiger partial charge < -0.3 is 4.42 Å². The van der Waals surface area contributed by atoms with Gasteiger partial charge in [0.15, 0.2) is 0 Å². The van der Waals surface area contributed by atoms with Crippen molar-refractivity contribution in [1.29, 1.82) is 0 Å². The summed E-state index contributed by atoms with van der Waals surface area (Å²) in [5.74, 6) is 0.807. The van der Waals surface area contributed by atoms with Gasteiger partial charge in [0.1, 0.15) is 12.0 Å². The summed E-state index contributed by atoms with van der Waals surface area (Å²) in [6, 6.07) is 5.56. The van der Waals surface area contributed by atoms with E-state index < -0.39 is 0 Å². The zero-order valence-electron chi connectivity index (χ0n) is 8.03. The Morgan fingerprint density at radius 2 is 2.14 bits per heavy atom. The fraction of sp³-hybridized carbons (Fsp3) is 0.182. The van der Waals surface area contributed by atoms with Gasteiger partial charge in [-0.2, -0.15) is 0 Å². The molecule has 72 valence electrons. The summed E-state index contributed by atoms with van der Waals surface area (Å²) in [6.45, 7) is 3.82. The van der Waals surface area contributed by atoms with Crippen molar-refractivity contribution in [2.45, 2.75) is 13.8 Å². The largest absolute Gasteiger partial charge is 0.469 e. The molecule has 14 heavy (non-hydrogen) atoms. The number of carbonyl (C=O) groups is 1. The van der Waals surface area contributed by atoms with Gasteiger partial charge in [-0.1, -0.05) is 0 Å². The number of hydrogen-bond donors (Lipinski definition) is 0. The molecule has 0 atom stereocenters. The predicted molar refractivity (Wildman–Crippen MR) is 55.9 cm³/mol. The van der Waals surface area contributed by atoms with Gasteiger partial charge in [-0.15, -0.1) is 11.3 Å². The first kappa shape index (κ1) is 9.21. The van der Waals surface area contributed by atoms with E-state index in [-0.39, 0.29) is 5.78 Å². The van der Waals surface area contributed by atoms with E-state index in [1.165, 1.54) is 17.6 Å². The molecule has 0 saturated carbocycles. The molecule has 0 saturated heterocycles. The van der Waals surface area contributed by atoms with E-state index >= 15 is 0 Å². The van der Waals surface area contributed by atoms with Gasteiger partial charge in [-0.05, 0) is 32.0 Å². The number of hydrogen-bond acceptors (Lipinski definition) is 3. The van der Waals surface area contributed by atoms with Crippen LogP contribution in [0.15, 0.2) is 28.9 Å². The minimum absolute atomic E-state index is 0.0416. The topological polar surface area (TPSA) is 30.2 Å². The summed E-state index contributed by atoms with van der Waals surface area (Å²) in [5, 5.41) is 0. The molecule has 2 heterocycles. The molecule has 3 heteroatoms. The number of furan rings is 1. The Morgan fingerprint density at radius 3 is 2.64 bits per heavy atom. The summed E-state index contributed by atoms with van der Waals surface area (Å²) >= 11 is 1.51. The van der Waals surface area contributed by atoms with Crippen LogP contribution in [0.1, 0.15) is 25.9 Å². The molecule has 0 aliphatic heterocycles. The molecule has 2 aromatic rings. The van der Waals surface area contributed by atoms with Gasteiger partial charge in [-0.3, -0.25) is 4.79 Å². The van der Waals surface area contributed by atoms with Gasteiger partial charge >= 0.3 is 0 Å². The van der Waals surface area contributed by atoms with Crippen molar-refractivity contribution in [3.63, 3.8) is 0 Å². The van der Waals surface area contributed by atoms with Gasteiger partial charge in [0.25, 0.3) is 0 Å². The van der Waals surface area contributed by atoms with E-state index in [2.05, 4.69) is 0 Å². The molecular formula is C11H10O2S. The van der Waals surface area contributed by atoms with Crippen molar-refractivity contribution < 1.29 is 9.21 Å². The van der Waals surface area contributed by atoms with Crippen molar-refractivity contribution in [2.75, 3.05) is 0 Å². The summed E-state index contributed by atoms with van der Waals surface area (Å²) < 4.78 is 5.10. The quantitative estimate of drug-likeness (QED) is 0.706. The highest BCUT2D eigenvalue weighted by molar-refractivity contribution is 7.14. The van der Waals surface area contributed by atoms with Crippen LogP contribution < -0.4 is 0 Å². The lowest BCUT2D eigenvalue weighted by atomic mass is 10.2. The number of ketones is 1. The smallest absolute Gasteiger partial charge is 0.206 e. The number of carbonyl (C=O) groups excluding carboxylic acids is 1. The number of aryl methyl sites for hydroxylation is 2. The van der Waals surface area contributed by atoms with Crippen LogP contribution >= 0.6 is 11.3 Å². The van der Waals surface area contributed by atoms with Crippen molar-refractivity contribution in [3.8, 4) is 0 Å². The Morgan fingerprint density at radius 1 is 1.36 bits per heavy atom. The average Bonchev–Trinajstić information content (AvgIpc) is 2.73. The fourth-order valence-electron chi connectivity index (χ4n) is 1.26. The molecule has 0 radical (unpaired) electrons. The van der Waals surface area contributed by atoms with E-state index in [1.807, 2.05) is 26.0 Å². The molecule has 2 rings (SSSR count). The van der Waals surface area contributed by atoms with Crippen LogP contribution in [0.4, 0.5) is 0 Å². The summed E-state index contributed by atoms with van der Waals surface area (Å²) in [6.07, 6.45) is 1.51. The molecule has 0 fully saturated rings. The van der Waals surface area contributed by atoms with Gasteiger partial charge in [-0.25, -0.2) is 0 Å². The second-order valence-electron chi connectivity index (χ2n) is 3.19. The first-order valence-electron chi connectivity index (χ1n) is 4.33. The predicted octanol–water partition coefficient (Wildman–Crippen LogP) is 3.19. The molecule has 0 bridgehead atoms. The second kappa shape index (κ2) is 3.42. The maximum Gasteiger partial charge on any atom is 0.206 e. The zero-order valence-corrected chi connectivity index (χ0v) is 8.85. The highest BCUT2D eigenvalue weighted by atomic mass is 32.1. The van der Waals surface area contributed by atoms with Crippen LogP contribution in [-0.2, 0) is 0 Å². The average molecular weight is 206 g/mol. The Hall–Kier alpha value is -1.35. The molecule has 0 N–H and O–H groups in total. The lowest BCUT2D eigenvalue weighted by molar-refractivity contribution is 0.104. The lowest BCUT2D eigenvalue weighted by Gasteiger charge is -1.90. The summed E-state index contributed by atoms with van der Waals surface area (Å²) in [7, 11) is 0. The third-order valence-corrected chi connectivity index (χ3v) is 2.96. The highest BCUT2D eigenvalue weighted by Crippen LogP contribution is 2.20. The Balaban J connectivity index is 2.33. The fourth-order valence-corrected chi connectivity index (χ4v) is 2.09. The normalized spacial score (nSPS) is 10.4. The molecular weight excluding hydrogens is 196 g/mol. The lowest BCUT2D eigenvalue weighted by Crippen LogP contribution is -1.95. The van der Waals surface area contributed by atoms with Crippen molar-refractivity contribution >= 4 is 17.1 Å². The van der Waals surface area contributed by atoms with Crippen LogP contribution in [0.5, 0.6) is 0 Å². The molecule has 0 aromatic carbocycles. The Labute approximate surface area is 86.2 Å². The van der Waals surface area contributed by atoms with Gasteiger partial charge in [0.05, 0.1) is 10.4 Å². The van der Waals surface area contributed by atoms with Crippen LogP contribution in [-0.4, -0.2) is 5.78 Å². The third-order valence-electron chi connectivity index (χ3n) is 1.96. The SMILES string of the molecule is Cc1cc(C(=O)c2ccc(C)s2)co1. The Bertz CT molecular complexity index is 423. The van der Waals surface area contributed by atoms with Crippen LogP contribution in [0.2, 0.25) is 0 Å². The van der Waals surface area contributed by atoms with E-state index in [9.17, 15) is 4.79 Å². The third kappa shape index (κ3) is 1.63. The summed E-state index contributed by atoms with van der Waals surface area (Å²) in [4.78, 5) is 13.7. The Kier molecular flexibility index (Phi) is 2.25. The highest BCUT2D eigenvalue weighted by Gasteiger charge is 2.12. The molecule has 0 aliphatic rings. The maximum atomic E-state index is 11.8. The summed E-state index contributed by atoms with van der Waals surface area (Å²) in [5.41, 5.74) is 0.629. The molecule has 0 aliphatic carbocycles. The van der Waals surface area contributed by atoms with Crippen molar-refractivity contribution in [1.82, 2.24) is 0 Å². The first-order valence-corrected chi connectivity index (χ1v) is 5.15. The second-order valence-corrected chi connectivity index (χ2v) is 4.47. The first-order chi connectivity index (χ1) is 6.66. The van der Waals surface area contributed by atoms with E-state index in [4.69, 9.17) is 4.42 Å². The maximum absolute atomic E-state index is 11.8. The van der Waals surface area contributed by atoms with Crippen LogP contribution in [0, 0.1) is 13.8 Å². The van der Waals surface area contributed by atoms with E-state index in [1.54, 1.807) is 6.07 Å². The molecule has 0 unspecified atom stereocenters. The molecule has 0 spiro atoms. The zero-order chi connectivity index (χ0) is 10.1. The molecule has 2 aromatic heterocycles. The van der Waals surface area contributed by atoms with Gasteiger partial charge in [0.2, 0.25) is 5.78 Å². The number of thiophene rings is 1. The van der Waals surface area contributed by atoms with Crippen molar-refractivity contribution in [3.05, 3.63) is 45.5 Å². The minimum atomic E-state index is 0.0416. The molecule has 0 amide bonds. The molecule has 2 nitrogen and oxygen atoms in total. The van der Waals surface area contributed by atoms with E-state index in [0.717, 1.165) is 15.5 Å².